The van der Waals surface area contributed by atoms with Gasteiger partial charge in [-0.25, -0.2) is 9.97 Å². The number of fused-ring (bicyclic) bond motifs is 1. The molecule has 1 fully saturated rings. The fourth-order valence-corrected chi connectivity index (χ4v) is 4.67. The van der Waals surface area contributed by atoms with Gasteiger partial charge in [-0.15, -0.1) is 11.3 Å². The van der Waals surface area contributed by atoms with E-state index in [1.54, 1.807) is 16.5 Å². The summed E-state index contributed by atoms with van der Waals surface area (Å²) in [6, 6.07) is 3.51. The summed E-state index contributed by atoms with van der Waals surface area (Å²) in [5.41, 5.74) is 8.88. The van der Waals surface area contributed by atoms with Gasteiger partial charge in [0.2, 0.25) is 0 Å². The van der Waals surface area contributed by atoms with E-state index in [-0.39, 0.29) is 29.7 Å². The van der Waals surface area contributed by atoms with Crippen LogP contribution in [0.1, 0.15) is 64.3 Å². The van der Waals surface area contributed by atoms with Crippen molar-refractivity contribution in [2.24, 2.45) is 11.7 Å². The minimum Gasteiger partial charge on any atom is -0.326 e. The van der Waals surface area contributed by atoms with E-state index in [4.69, 9.17) is 5.73 Å². The highest BCUT2D eigenvalue weighted by Gasteiger charge is 2.37. The third kappa shape index (κ3) is 3.95. The third-order valence-corrected chi connectivity index (χ3v) is 6.04. The van der Waals surface area contributed by atoms with Crippen molar-refractivity contribution >= 4 is 28.7 Å². The molecule has 0 saturated carbocycles. The highest BCUT2D eigenvalue weighted by atomic mass is 32.1. The maximum atomic E-state index is 13.2. The van der Waals surface area contributed by atoms with Crippen molar-refractivity contribution in [1.29, 1.82) is 0 Å². The lowest BCUT2D eigenvalue weighted by molar-refractivity contribution is 0.0728. The third-order valence-electron chi connectivity index (χ3n) is 5.10. The van der Waals surface area contributed by atoms with Gasteiger partial charge in [0.1, 0.15) is 22.0 Å². The van der Waals surface area contributed by atoms with Gasteiger partial charge in [0, 0.05) is 36.8 Å². The number of carbonyl (C=O) groups excluding carboxylic acids is 2. The van der Waals surface area contributed by atoms with Crippen molar-refractivity contribution in [3.63, 3.8) is 0 Å². The smallest absolute Gasteiger partial charge is 0.274 e. The van der Waals surface area contributed by atoms with Crippen molar-refractivity contribution in [2.75, 3.05) is 6.54 Å². The number of nitrogens with two attached hydrogens (primary N) is 1. The molecule has 3 aromatic rings. The van der Waals surface area contributed by atoms with E-state index in [1.807, 2.05) is 43.5 Å². The Hall–Kier alpha value is -2.58. The summed E-state index contributed by atoms with van der Waals surface area (Å²) in [7, 11) is 0. The summed E-state index contributed by atoms with van der Waals surface area (Å²) in [5, 5.41) is 2.55. The molecule has 2 N–H and O–H groups in total. The maximum absolute atomic E-state index is 13.2. The number of ketones is 1. The van der Waals surface area contributed by atoms with Crippen molar-refractivity contribution in [1.82, 2.24) is 19.3 Å². The number of nitrogens with zero attached hydrogens (tertiary/aromatic N) is 4. The van der Waals surface area contributed by atoms with Crippen LogP contribution in [0.4, 0.5) is 0 Å². The zero-order valence-electron chi connectivity index (χ0n) is 16.8. The van der Waals surface area contributed by atoms with Gasteiger partial charge < -0.3 is 15.0 Å². The molecule has 4 heterocycles. The summed E-state index contributed by atoms with van der Waals surface area (Å²) in [4.78, 5) is 36.3. The van der Waals surface area contributed by atoms with Gasteiger partial charge in [0.05, 0.1) is 6.04 Å². The lowest BCUT2D eigenvalue weighted by atomic mass is 10.1. The fourth-order valence-electron chi connectivity index (χ4n) is 3.72. The second-order valence-corrected chi connectivity index (χ2v) is 9.05. The second kappa shape index (κ2) is 7.68. The zero-order chi connectivity index (χ0) is 20.7. The SMILES string of the molecule is Cc1ccc2nc(C(=O)N3CC(N)CC3c3nc(C(=O)CC(C)C)cs3)cn2c1. The van der Waals surface area contributed by atoms with Gasteiger partial charge in [-0.1, -0.05) is 19.9 Å². The molecule has 2 unspecified atom stereocenters. The highest BCUT2D eigenvalue weighted by molar-refractivity contribution is 7.09. The van der Waals surface area contributed by atoms with Gasteiger partial charge in [-0.2, -0.15) is 0 Å². The zero-order valence-corrected chi connectivity index (χ0v) is 17.6. The molecule has 3 aromatic heterocycles. The molecule has 2 atom stereocenters. The first-order chi connectivity index (χ1) is 13.8. The molecule has 8 heteroatoms. The number of imidazole rings is 1. The van der Waals surface area contributed by atoms with Crippen LogP contribution in [-0.4, -0.2) is 43.5 Å². The Balaban J connectivity index is 1.60. The van der Waals surface area contributed by atoms with E-state index in [0.717, 1.165) is 16.2 Å². The Labute approximate surface area is 173 Å². The number of pyridine rings is 1. The predicted molar refractivity (Wildman–Crippen MR) is 112 cm³/mol. The normalized spacial score (nSPS) is 19.4. The molecule has 7 nitrogen and oxygen atoms in total. The summed E-state index contributed by atoms with van der Waals surface area (Å²) >= 11 is 1.42. The number of thiazole rings is 1. The summed E-state index contributed by atoms with van der Waals surface area (Å²) in [5.74, 6) is 0.164. The van der Waals surface area contributed by atoms with Crippen LogP contribution in [0.2, 0.25) is 0 Å². The monoisotopic (exact) mass is 411 g/mol. The molecular formula is C21H25N5O2S. The molecule has 1 saturated heterocycles. The minimum atomic E-state index is -0.227. The average Bonchev–Trinajstić information content (AvgIpc) is 3.37. The van der Waals surface area contributed by atoms with Gasteiger partial charge in [0.15, 0.2) is 5.78 Å². The number of aromatic nitrogens is 3. The number of hydrogen-bond acceptors (Lipinski definition) is 6. The molecule has 29 heavy (non-hydrogen) atoms. The van der Waals surface area contributed by atoms with Crippen LogP contribution in [0.3, 0.4) is 0 Å². The van der Waals surface area contributed by atoms with Crippen LogP contribution in [0.5, 0.6) is 0 Å². The van der Waals surface area contributed by atoms with E-state index in [0.29, 0.717) is 30.8 Å². The fraction of sp³-hybridized carbons (Fsp3) is 0.429. The van der Waals surface area contributed by atoms with Crippen molar-refractivity contribution in [3.05, 3.63) is 51.9 Å². The standard InChI is InChI=1S/C21H25N5O2S/c1-12(2)6-18(27)16-11-29-20(24-16)17-7-14(22)9-26(17)21(28)15-10-25-8-13(3)4-5-19(25)23-15/h4-5,8,10-12,14,17H,6-7,9,22H2,1-3H3. The molecule has 1 amide bonds. The maximum Gasteiger partial charge on any atom is 0.274 e. The quantitative estimate of drug-likeness (QED) is 0.651. The summed E-state index contributed by atoms with van der Waals surface area (Å²) in [6.45, 7) is 6.47. The molecule has 0 aromatic carbocycles. The van der Waals surface area contributed by atoms with Crippen molar-refractivity contribution in [3.8, 4) is 0 Å². The second-order valence-electron chi connectivity index (χ2n) is 8.16. The molecular weight excluding hydrogens is 386 g/mol. The number of carbonyl (C=O) groups is 2. The van der Waals surface area contributed by atoms with Gasteiger partial charge in [0.25, 0.3) is 5.91 Å². The first kappa shape index (κ1) is 19.7. The molecule has 1 aliphatic heterocycles. The Morgan fingerprint density at radius 3 is 2.79 bits per heavy atom. The van der Waals surface area contributed by atoms with E-state index < -0.39 is 0 Å². The van der Waals surface area contributed by atoms with Crippen LogP contribution in [0.15, 0.2) is 29.9 Å². The van der Waals surface area contributed by atoms with Gasteiger partial charge >= 0.3 is 0 Å². The Morgan fingerprint density at radius 1 is 1.24 bits per heavy atom. The van der Waals surface area contributed by atoms with E-state index >= 15 is 0 Å². The number of Topliss-reactive ketones (excluding diaryl/α,β-unsaturated/α-hetero) is 1. The Bertz CT molecular complexity index is 1070. The number of hydrogen-bond donors (Lipinski definition) is 1. The lowest BCUT2D eigenvalue weighted by Crippen LogP contribution is -2.33. The molecule has 1 aliphatic rings. The van der Waals surface area contributed by atoms with Crippen molar-refractivity contribution in [2.45, 2.75) is 45.7 Å². The molecule has 4 rings (SSSR count). The number of aryl methyl sites for hydroxylation is 1. The van der Waals surface area contributed by atoms with Crippen LogP contribution >= 0.6 is 11.3 Å². The molecule has 0 aliphatic carbocycles. The molecule has 0 bridgehead atoms. The highest BCUT2D eigenvalue weighted by Crippen LogP contribution is 2.34. The first-order valence-electron chi connectivity index (χ1n) is 9.82. The largest absolute Gasteiger partial charge is 0.326 e. The average molecular weight is 412 g/mol. The van der Waals surface area contributed by atoms with Crippen LogP contribution < -0.4 is 5.73 Å². The molecule has 0 radical (unpaired) electrons. The van der Waals surface area contributed by atoms with Gasteiger partial charge in [-0.3, -0.25) is 9.59 Å². The summed E-state index contributed by atoms with van der Waals surface area (Å²) < 4.78 is 1.86. The predicted octanol–water partition coefficient (Wildman–Crippen LogP) is 3.24. The van der Waals surface area contributed by atoms with Crippen molar-refractivity contribution < 1.29 is 9.59 Å². The molecule has 0 spiro atoms. The topological polar surface area (TPSA) is 93.6 Å². The van der Waals surface area contributed by atoms with Crippen LogP contribution in [-0.2, 0) is 0 Å². The summed E-state index contributed by atoms with van der Waals surface area (Å²) in [6.07, 6.45) is 4.80. The van der Waals surface area contributed by atoms with Gasteiger partial charge in [-0.05, 0) is 30.9 Å². The first-order valence-corrected chi connectivity index (χ1v) is 10.7. The van der Waals surface area contributed by atoms with Crippen LogP contribution in [0, 0.1) is 12.8 Å². The number of rotatable bonds is 5. The minimum absolute atomic E-state index is 0.0402. The number of amides is 1. The molecule has 152 valence electrons. The number of likely N-dealkylation sites (tertiary alicyclic amines) is 1. The van der Waals surface area contributed by atoms with E-state index in [2.05, 4.69) is 9.97 Å². The van der Waals surface area contributed by atoms with E-state index in [9.17, 15) is 9.59 Å². The lowest BCUT2D eigenvalue weighted by Gasteiger charge is -2.21. The van der Waals surface area contributed by atoms with Crippen LogP contribution in [0.25, 0.3) is 5.65 Å². The Morgan fingerprint density at radius 2 is 2.03 bits per heavy atom. The van der Waals surface area contributed by atoms with E-state index in [1.165, 1.54) is 11.3 Å². The Kier molecular flexibility index (Phi) is 5.23.